The summed E-state index contributed by atoms with van der Waals surface area (Å²) < 4.78 is 3.07. The molecular formula is C14H18BrN3O. The molecule has 1 unspecified atom stereocenters. The second-order valence-corrected chi connectivity index (χ2v) is 5.63. The van der Waals surface area contributed by atoms with Gasteiger partial charge in [0.1, 0.15) is 0 Å². The van der Waals surface area contributed by atoms with Crippen molar-refractivity contribution in [1.29, 1.82) is 0 Å². The van der Waals surface area contributed by atoms with Gasteiger partial charge in [0.2, 0.25) is 0 Å². The fraction of sp³-hybridized carbons (Fsp3) is 0.357. The van der Waals surface area contributed by atoms with Gasteiger partial charge in [0.15, 0.2) is 0 Å². The van der Waals surface area contributed by atoms with Crippen molar-refractivity contribution in [2.24, 2.45) is 0 Å². The highest BCUT2D eigenvalue weighted by atomic mass is 79.9. The molecule has 0 radical (unpaired) electrons. The van der Waals surface area contributed by atoms with E-state index in [-0.39, 0.29) is 12.6 Å². The predicted octanol–water partition coefficient (Wildman–Crippen LogP) is 3.37. The molecule has 2 aromatic rings. The zero-order valence-electron chi connectivity index (χ0n) is 11.0. The summed E-state index contributed by atoms with van der Waals surface area (Å²) in [7, 11) is 0. The smallest absolute Gasteiger partial charge is 0.0951 e. The Bertz CT molecular complexity index is 539. The molecule has 1 aromatic heterocycles. The van der Waals surface area contributed by atoms with Crippen LogP contribution in [0.3, 0.4) is 0 Å². The van der Waals surface area contributed by atoms with E-state index in [1.54, 1.807) is 12.5 Å². The number of hydrogen-bond acceptors (Lipinski definition) is 3. The second-order valence-electron chi connectivity index (χ2n) is 4.71. The number of halogens is 1. The van der Waals surface area contributed by atoms with Crippen molar-refractivity contribution in [3.05, 3.63) is 47.0 Å². The zero-order chi connectivity index (χ0) is 13.8. The third-order valence-corrected chi connectivity index (χ3v) is 3.45. The first-order chi connectivity index (χ1) is 9.11. The number of aliphatic hydroxyl groups is 1. The minimum Gasteiger partial charge on any atom is -0.394 e. The van der Waals surface area contributed by atoms with Gasteiger partial charge in [0, 0.05) is 16.2 Å². The lowest BCUT2D eigenvalue weighted by molar-refractivity contribution is 0.271. The zero-order valence-corrected chi connectivity index (χ0v) is 12.6. The maximum Gasteiger partial charge on any atom is 0.0951 e. The molecule has 1 atom stereocenters. The van der Waals surface area contributed by atoms with Crippen molar-refractivity contribution in [3.63, 3.8) is 0 Å². The van der Waals surface area contributed by atoms with Gasteiger partial charge in [-0.15, -0.1) is 0 Å². The Kier molecular flexibility index (Phi) is 4.61. The van der Waals surface area contributed by atoms with E-state index < -0.39 is 0 Å². The number of benzene rings is 1. The summed E-state index contributed by atoms with van der Waals surface area (Å²) >= 11 is 3.44. The standard InChI is InChI=1S/C14H18BrN3O/c1-10(2)18-9-16-7-14(18)13(8-19)17-12-5-3-4-11(15)6-12/h3-7,9-10,13,17,19H,8H2,1-2H3. The van der Waals surface area contributed by atoms with Crippen LogP contribution in [0.15, 0.2) is 41.3 Å². The van der Waals surface area contributed by atoms with Crippen LogP contribution >= 0.6 is 15.9 Å². The van der Waals surface area contributed by atoms with E-state index in [9.17, 15) is 5.11 Å². The van der Waals surface area contributed by atoms with Crippen LogP contribution in [0.5, 0.6) is 0 Å². The molecule has 0 saturated carbocycles. The summed E-state index contributed by atoms with van der Waals surface area (Å²) in [5.74, 6) is 0. The summed E-state index contributed by atoms with van der Waals surface area (Å²) in [5.41, 5.74) is 1.95. The van der Waals surface area contributed by atoms with Gasteiger partial charge in [0.25, 0.3) is 0 Å². The largest absolute Gasteiger partial charge is 0.394 e. The van der Waals surface area contributed by atoms with E-state index in [4.69, 9.17) is 0 Å². The number of nitrogens with one attached hydrogen (secondary N) is 1. The number of imidazole rings is 1. The van der Waals surface area contributed by atoms with Crippen LogP contribution in [-0.2, 0) is 0 Å². The first kappa shape index (κ1) is 14.1. The van der Waals surface area contributed by atoms with Crippen LogP contribution in [-0.4, -0.2) is 21.3 Å². The Morgan fingerprint density at radius 2 is 2.21 bits per heavy atom. The minimum atomic E-state index is -0.167. The van der Waals surface area contributed by atoms with Gasteiger partial charge in [-0.2, -0.15) is 0 Å². The van der Waals surface area contributed by atoms with E-state index in [2.05, 4.69) is 44.6 Å². The number of rotatable bonds is 5. The molecule has 1 aromatic carbocycles. The third-order valence-electron chi connectivity index (χ3n) is 2.96. The van der Waals surface area contributed by atoms with E-state index >= 15 is 0 Å². The molecule has 0 spiro atoms. The lowest BCUT2D eigenvalue weighted by Gasteiger charge is -2.21. The SMILES string of the molecule is CC(C)n1cncc1C(CO)Nc1cccc(Br)c1. The van der Waals surface area contributed by atoms with E-state index in [1.165, 1.54) is 0 Å². The molecule has 19 heavy (non-hydrogen) atoms. The van der Waals surface area contributed by atoms with Crippen molar-refractivity contribution in [3.8, 4) is 0 Å². The Hall–Kier alpha value is -1.33. The average molecular weight is 324 g/mol. The molecule has 0 aliphatic carbocycles. The molecule has 0 aliphatic heterocycles. The first-order valence-electron chi connectivity index (χ1n) is 6.26. The lowest BCUT2D eigenvalue weighted by Crippen LogP contribution is -2.19. The summed E-state index contributed by atoms with van der Waals surface area (Å²) in [6, 6.07) is 8.04. The van der Waals surface area contributed by atoms with Crippen molar-refractivity contribution in [2.75, 3.05) is 11.9 Å². The molecule has 2 rings (SSSR count). The molecule has 0 bridgehead atoms. The molecule has 1 heterocycles. The monoisotopic (exact) mass is 323 g/mol. The summed E-state index contributed by atoms with van der Waals surface area (Å²) in [6.07, 6.45) is 3.59. The minimum absolute atomic E-state index is 0.0188. The molecule has 4 nitrogen and oxygen atoms in total. The second kappa shape index (κ2) is 6.21. The number of hydrogen-bond donors (Lipinski definition) is 2. The molecule has 0 saturated heterocycles. The summed E-state index contributed by atoms with van der Waals surface area (Å²) in [5, 5.41) is 12.9. The molecule has 0 amide bonds. The van der Waals surface area contributed by atoms with Gasteiger partial charge in [-0.1, -0.05) is 22.0 Å². The molecule has 0 fully saturated rings. The van der Waals surface area contributed by atoms with Gasteiger partial charge in [-0.05, 0) is 32.0 Å². The van der Waals surface area contributed by atoms with Gasteiger partial charge < -0.3 is 15.0 Å². The van der Waals surface area contributed by atoms with Crippen molar-refractivity contribution in [1.82, 2.24) is 9.55 Å². The fourth-order valence-electron chi connectivity index (χ4n) is 2.01. The lowest BCUT2D eigenvalue weighted by atomic mass is 10.2. The van der Waals surface area contributed by atoms with Crippen molar-refractivity contribution in [2.45, 2.75) is 25.9 Å². The van der Waals surface area contributed by atoms with Gasteiger partial charge in [0.05, 0.1) is 30.9 Å². The maximum absolute atomic E-state index is 9.62. The normalized spacial score (nSPS) is 12.7. The highest BCUT2D eigenvalue weighted by molar-refractivity contribution is 9.10. The van der Waals surface area contributed by atoms with E-state index in [1.807, 2.05) is 24.3 Å². The van der Waals surface area contributed by atoms with Crippen molar-refractivity contribution >= 4 is 21.6 Å². The predicted molar refractivity (Wildman–Crippen MR) is 80.2 cm³/mol. The first-order valence-corrected chi connectivity index (χ1v) is 7.05. The topological polar surface area (TPSA) is 50.1 Å². The van der Waals surface area contributed by atoms with Gasteiger partial charge in [-0.25, -0.2) is 4.98 Å². The summed E-state index contributed by atoms with van der Waals surface area (Å²) in [6.45, 7) is 4.21. The Morgan fingerprint density at radius 3 is 2.84 bits per heavy atom. The molecular weight excluding hydrogens is 306 g/mol. The molecule has 0 aliphatic rings. The van der Waals surface area contributed by atoms with Gasteiger partial charge in [-0.3, -0.25) is 0 Å². The highest BCUT2D eigenvalue weighted by Gasteiger charge is 2.16. The Labute approximate surface area is 121 Å². The Morgan fingerprint density at radius 1 is 1.42 bits per heavy atom. The van der Waals surface area contributed by atoms with Crippen LogP contribution in [0, 0.1) is 0 Å². The number of aliphatic hydroxyl groups excluding tert-OH is 1. The van der Waals surface area contributed by atoms with E-state index in [0.717, 1.165) is 15.9 Å². The quantitative estimate of drug-likeness (QED) is 0.886. The van der Waals surface area contributed by atoms with E-state index in [0.29, 0.717) is 6.04 Å². The highest BCUT2D eigenvalue weighted by Crippen LogP contribution is 2.23. The average Bonchev–Trinajstić information content (AvgIpc) is 2.85. The molecule has 5 heteroatoms. The van der Waals surface area contributed by atoms with Crippen LogP contribution in [0.2, 0.25) is 0 Å². The molecule has 2 N–H and O–H groups in total. The summed E-state index contributed by atoms with van der Waals surface area (Å²) in [4.78, 5) is 4.17. The van der Waals surface area contributed by atoms with Crippen LogP contribution < -0.4 is 5.32 Å². The number of nitrogens with zero attached hydrogens (tertiary/aromatic N) is 2. The number of anilines is 1. The molecule has 102 valence electrons. The van der Waals surface area contributed by atoms with Crippen LogP contribution in [0.4, 0.5) is 5.69 Å². The van der Waals surface area contributed by atoms with Crippen LogP contribution in [0.1, 0.15) is 31.6 Å². The maximum atomic E-state index is 9.62. The van der Waals surface area contributed by atoms with Crippen molar-refractivity contribution < 1.29 is 5.11 Å². The fourth-order valence-corrected chi connectivity index (χ4v) is 2.41. The third kappa shape index (κ3) is 3.36. The van der Waals surface area contributed by atoms with Crippen LogP contribution in [0.25, 0.3) is 0 Å². The van der Waals surface area contributed by atoms with Gasteiger partial charge >= 0.3 is 0 Å². The Balaban J connectivity index is 2.23. The number of aromatic nitrogens is 2.